The summed E-state index contributed by atoms with van der Waals surface area (Å²) in [7, 11) is 0. The highest BCUT2D eigenvalue weighted by molar-refractivity contribution is 7.09. The Balaban J connectivity index is 1.98. The van der Waals surface area contributed by atoms with Gasteiger partial charge in [0.1, 0.15) is 5.82 Å². The molecule has 0 radical (unpaired) electrons. The number of hydrogen-bond acceptors (Lipinski definition) is 3. The molecule has 2 heterocycles. The van der Waals surface area contributed by atoms with Gasteiger partial charge in [-0.15, -0.1) is 11.3 Å². The average molecular weight is 302 g/mol. The first-order valence-electron chi connectivity index (χ1n) is 8.00. The Hall–Kier alpha value is -1.35. The molecule has 0 amide bonds. The number of hydrogen-bond donors (Lipinski definition) is 0. The second-order valence-corrected chi connectivity index (χ2v) is 6.59. The van der Waals surface area contributed by atoms with E-state index in [1.165, 1.54) is 42.5 Å². The zero-order valence-corrected chi connectivity index (χ0v) is 14.0. The Morgan fingerprint density at radius 2 is 1.95 bits per heavy atom. The lowest BCUT2D eigenvalue weighted by molar-refractivity contribution is 0.615. The molecule has 0 aromatic carbocycles. The summed E-state index contributed by atoms with van der Waals surface area (Å²) in [5.41, 5.74) is 1.27. The minimum Gasteiger partial charge on any atom is -0.351 e. The van der Waals surface area contributed by atoms with Crippen molar-refractivity contribution in [2.45, 2.75) is 52.5 Å². The van der Waals surface area contributed by atoms with Crippen molar-refractivity contribution in [2.24, 2.45) is 0 Å². The molecule has 2 aromatic rings. The van der Waals surface area contributed by atoms with Gasteiger partial charge in [-0.1, -0.05) is 44.7 Å². The molecular weight excluding hydrogens is 276 g/mol. The van der Waals surface area contributed by atoms with Crippen LogP contribution in [0.1, 0.15) is 49.5 Å². The van der Waals surface area contributed by atoms with E-state index in [0.717, 1.165) is 18.9 Å². The molecule has 21 heavy (non-hydrogen) atoms. The minimum absolute atomic E-state index is 0.975. The Bertz CT molecular complexity index is 508. The first-order valence-corrected chi connectivity index (χ1v) is 8.88. The number of rotatable bonds is 9. The molecule has 0 aliphatic heterocycles. The van der Waals surface area contributed by atoms with E-state index in [-0.39, 0.29) is 0 Å². The molecule has 0 bridgehead atoms. The molecule has 0 spiro atoms. The van der Waals surface area contributed by atoms with Crippen molar-refractivity contribution in [2.75, 3.05) is 11.4 Å². The number of anilines is 1. The molecule has 114 valence electrons. The van der Waals surface area contributed by atoms with Crippen molar-refractivity contribution >= 4 is 17.2 Å². The first-order chi connectivity index (χ1) is 10.3. The van der Waals surface area contributed by atoms with E-state index in [1.807, 2.05) is 23.6 Å². The highest BCUT2D eigenvalue weighted by Gasteiger charge is 2.11. The number of aryl methyl sites for hydroxylation is 1. The molecule has 0 saturated heterocycles. The zero-order valence-electron chi connectivity index (χ0n) is 13.2. The molecule has 2 rings (SSSR count). The lowest BCUT2D eigenvalue weighted by Gasteiger charge is -2.24. The monoisotopic (exact) mass is 302 g/mol. The van der Waals surface area contributed by atoms with Crippen LogP contribution in [0, 0.1) is 6.92 Å². The predicted octanol–water partition coefficient (Wildman–Crippen LogP) is 5.43. The van der Waals surface area contributed by atoms with Crippen molar-refractivity contribution in [3.8, 4) is 0 Å². The summed E-state index contributed by atoms with van der Waals surface area (Å²) >= 11 is 1.83. The van der Waals surface area contributed by atoms with E-state index >= 15 is 0 Å². The summed E-state index contributed by atoms with van der Waals surface area (Å²) in [6.07, 6.45) is 8.49. The van der Waals surface area contributed by atoms with Crippen LogP contribution in [-0.4, -0.2) is 11.5 Å². The van der Waals surface area contributed by atoms with Gasteiger partial charge in [-0.05, 0) is 36.4 Å². The number of nitrogens with zero attached hydrogens (tertiary/aromatic N) is 2. The number of thiophene rings is 1. The number of unbranched alkanes of at least 4 members (excludes halogenated alkanes) is 4. The highest BCUT2D eigenvalue weighted by atomic mass is 32.1. The van der Waals surface area contributed by atoms with Crippen molar-refractivity contribution < 1.29 is 0 Å². The van der Waals surface area contributed by atoms with Gasteiger partial charge >= 0.3 is 0 Å². The third-order valence-electron chi connectivity index (χ3n) is 3.74. The molecule has 0 aliphatic carbocycles. The molecular formula is C18H26N2S. The van der Waals surface area contributed by atoms with Gasteiger partial charge in [0.05, 0.1) is 6.54 Å². The van der Waals surface area contributed by atoms with E-state index in [4.69, 9.17) is 0 Å². The summed E-state index contributed by atoms with van der Waals surface area (Å²) in [4.78, 5) is 8.45. The van der Waals surface area contributed by atoms with Gasteiger partial charge in [0.15, 0.2) is 0 Å². The third-order valence-corrected chi connectivity index (χ3v) is 4.60. The van der Waals surface area contributed by atoms with Crippen LogP contribution in [0.4, 0.5) is 5.82 Å². The van der Waals surface area contributed by atoms with Gasteiger partial charge in [0, 0.05) is 17.6 Å². The van der Waals surface area contributed by atoms with Crippen LogP contribution in [0.25, 0.3) is 0 Å². The second-order valence-electron chi connectivity index (χ2n) is 5.56. The van der Waals surface area contributed by atoms with Crippen molar-refractivity contribution in [1.82, 2.24) is 4.98 Å². The van der Waals surface area contributed by atoms with Crippen LogP contribution in [-0.2, 0) is 6.54 Å². The van der Waals surface area contributed by atoms with E-state index in [0.29, 0.717) is 0 Å². The topological polar surface area (TPSA) is 16.1 Å². The van der Waals surface area contributed by atoms with Gasteiger partial charge in [-0.2, -0.15) is 0 Å². The smallest absolute Gasteiger partial charge is 0.131 e. The van der Waals surface area contributed by atoms with Crippen LogP contribution in [0.2, 0.25) is 0 Å². The van der Waals surface area contributed by atoms with Crippen LogP contribution in [0.3, 0.4) is 0 Å². The third kappa shape index (κ3) is 5.16. The molecule has 3 heteroatoms. The molecule has 0 N–H and O–H groups in total. The van der Waals surface area contributed by atoms with Gasteiger partial charge in [0.25, 0.3) is 0 Å². The summed E-state index contributed by atoms with van der Waals surface area (Å²) in [5.74, 6) is 1.14. The maximum Gasteiger partial charge on any atom is 0.131 e. The Kier molecular flexibility index (Phi) is 6.74. The van der Waals surface area contributed by atoms with Gasteiger partial charge in [-0.25, -0.2) is 4.98 Å². The van der Waals surface area contributed by atoms with E-state index in [2.05, 4.69) is 47.3 Å². The van der Waals surface area contributed by atoms with E-state index in [1.54, 1.807) is 0 Å². The van der Waals surface area contributed by atoms with E-state index in [9.17, 15) is 0 Å². The molecule has 0 atom stereocenters. The van der Waals surface area contributed by atoms with Crippen LogP contribution < -0.4 is 4.90 Å². The maximum absolute atomic E-state index is 4.60. The molecule has 0 aliphatic rings. The normalized spacial score (nSPS) is 10.8. The lowest BCUT2D eigenvalue weighted by Crippen LogP contribution is -2.25. The quantitative estimate of drug-likeness (QED) is 0.574. The fourth-order valence-corrected chi connectivity index (χ4v) is 3.28. The van der Waals surface area contributed by atoms with Crippen LogP contribution in [0.5, 0.6) is 0 Å². The predicted molar refractivity (Wildman–Crippen MR) is 93.1 cm³/mol. The molecule has 0 fully saturated rings. The molecule has 2 aromatic heterocycles. The highest BCUT2D eigenvalue weighted by Crippen LogP contribution is 2.21. The fourth-order valence-electron chi connectivity index (χ4n) is 2.57. The van der Waals surface area contributed by atoms with Gasteiger partial charge in [0.2, 0.25) is 0 Å². The summed E-state index contributed by atoms with van der Waals surface area (Å²) < 4.78 is 0. The fraction of sp³-hybridized carbons (Fsp3) is 0.500. The van der Waals surface area contributed by atoms with Crippen molar-refractivity contribution in [3.05, 3.63) is 46.3 Å². The molecule has 0 saturated carbocycles. The summed E-state index contributed by atoms with van der Waals surface area (Å²) in [6.45, 7) is 6.49. The Morgan fingerprint density at radius 3 is 2.67 bits per heavy atom. The second kappa shape index (κ2) is 8.83. The van der Waals surface area contributed by atoms with Crippen LogP contribution >= 0.6 is 11.3 Å². The Labute approximate surface area is 132 Å². The molecule has 2 nitrogen and oxygen atoms in total. The SMILES string of the molecule is CCCCCCCN(Cc1cccs1)c1ncccc1C. The standard InChI is InChI=1S/C18H26N2S/c1-3-4-5-6-7-13-20(15-17-11-9-14-21-17)18-16(2)10-8-12-19-18/h8-12,14H,3-7,13,15H2,1-2H3. The zero-order chi connectivity index (χ0) is 14.9. The number of aromatic nitrogens is 1. The van der Waals surface area contributed by atoms with Gasteiger partial charge < -0.3 is 4.90 Å². The van der Waals surface area contributed by atoms with Crippen molar-refractivity contribution in [3.63, 3.8) is 0 Å². The van der Waals surface area contributed by atoms with Crippen LogP contribution in [0.15, 0.2) is 35.8 Å². The summed E-state index contributed by atoms with van der Waals surface area (Å²) in [5, 5.41) is 2.15. The van der Waals surface area contributed by atoms with E-state index < -0.39 is 0 Å². The van der Waals surface area contributed by atoms with Gasteiger partial charge in [-0.3, -0.25) is 0 Å². The maximum atomic E-state index is 4.60. The van der Waals surface area contributed by atoms with Crippen molar-refractivity contribution in [1.29, 1.82) is 0 Å². The summed E-state index contributed by atoms with van der Waals surface area (Å²) in [6, 6.07) is 8.52. The first kappa shape index (κ1) is 16.0. The number of pyridine rings is 1. The minimum atomic E-state index is 0.975. The average Bonchev–Trinajstić information content (AvgIpc) is 2.99. The largest absolute Gasteiger partial charge is 0.351 e. The molecule has 0 unspecified atom stereocenters. The Morgan fingerprint density at radius 1 is 1.10 bits per heavy atom. The lowest BCUT2D eigenvalue weighted by atomic mass is 10.1.